The minimum Gasteiger partial charge on any atom is -0.481 e. The maximum atomic E-state index is 12.5. The summed E-state index contributed by atoms with van der Waals surface area (Å²) < 4.78 is 26.1. The monoisotopic (exact) mass is 312 g/mol. The molecule has 0 spiro atoms. The molecule has 114 valence electrons. The molecular weight excluding hydrogens is 296 g/mol. The second kappa shape index (κ2) is 5.45. The van der Waals surface area contributed by atoms with E-state index in [2.05, 4.69) is 0 Å². The minimum absolute atomic E-state index is 0.0482. The molecule has 3 N–H and O–H groups in total. The Morgan fingerprint density at radius 2 is 2.05 bits per heavy atom. The highest BCUT2D eigenvalue weighted by Gasteiger charge is 2.36. The van der Waals surface area contributed by atoms with Crippen molar-refractivity contribution in [2.45, 2.75) is 18.2 Å². The number of hydrogen-bond donors (Lipinski definition) is 2. The average Bonchev–Trinajstić information content (AvgIpc) is 2.89. The summed E-state index contributed by atoms with van der Waals surface area (Å²) in [6.07, 6.45) is 0.281. The third kappa shape index (κ3) is 2.91. The minimum atomic E-state index is -3.82. The highest BCUT2D eigenvalue weighted by atomic mass is 32.2. The fraction of sp³-hybridized carbons (Fsp3) is 0.385. The van der Waals surface area contributed by atoms with Gasteiger partial charge in [0, 0.05) is 18.7 Å². The van der Waals surface area contributed by atoms with Crippen molar-refractivity contribution in [2.24, 2.45) is 11.7 Å². The molecule has 1 saturated heterocycles. The predicted octanol–water partition coefficient (Wildman–Crippen LogP) is 0.189. The third-order valence-corrected chi connectivity index (χ3v) is 5.47. The van der Waals surface area contributed by atoms with Gasteiger partial charge < -0.3 is 10.8 Å². The van der Waals surface area contributed by atoms with Crippen LogP contribution in [-0.2, 0) is 14.8 Å². The van der Waals surface area contributed by atoms with Crippen LogP contribution in [-0.4, -0.2) is 42.8 Å². The van der Waals surface area contributed by atoms with Crippen LogP contribution in [0.3, 0.4) is 0 Å². The zero-order valence-electron chi connectivity index (χ0n) is 11.4. The van der Waals surface area contributed by atoms with Crippen molar-refractivity contribution < 1.29 is 23.1 Å². The van der Waals surface area contributed by atoms with Crippen LogP contribution in [0.2, 0.25) is 0 Å². The standard InChI is InChI=1S/C13H16N2O5S/c1-8-2-3-10(6-11(8)12(14)16)21(19,20)15-5-4-9(7-15)13(17)18/h2-3,6,9H,4-5,7H2,1H3,(H2,14,16)(H,17,18). The van der Waals surface area contributed by atoms with Gasteiger partial charge in [-0.15, -0.1) is 0 Å². The lowest BCUT2D eigenvalue weighted by Crippen LogP contribution is -2.30. The van der Waals surface area contributed by atoms with Crippen molar-refractivity contribution in [1.82, 2.24) is 4.31 Å². The number of aliphatic carboxylic acids is 1. The summed E-state index contributed by atoms with van der Waals surface area (Å²) in [5.74, 6) is -2.40. The summed E-state index contributed by atoms with van der Waals surface area (Å²) in [6.45, 7) is 1.75. The molecule has 1 aliphatic rings. The molecule has 1 aromatic rings. The van der Waals surface area contributed by atoms with Gasteiger partial charge in [0.25, 0.3) is 0 Å². The number of amides is 1. The molecule has 1 aromatic carbocycles. The Kier molecular flexibility index (Phi) is 4.02. The number of carbonyl (C=O) groups excluding carboxylic acids is 1. The zero-order valence-corrected chi connectivity index (χ0v) is 12.3. The number of carbonyl (C=O) groups is 2. The highest BCUT2D eigenvalue weighted by Crippen LogP contribution is 2.25. The van der Waals surface area contributed by atoms with Gasteiger partial charge >= 0.3 is 5.97 Å². The Balaban J connectivity index is 2.35. The summed E-state index contributed by atoms with van der Waals surface area (Å²) in [5.41, 5.74) is 5.95. The third-order valence-electron chi connectivity index (χ3n) is 3.61. The fourth-order valence-electron chi connectivity index (χ4n) is 2.32. The number of aryl methyl sites for hydroxylation is 1. The van der Waals surface area contributed by atoms with Crippen molar-refractivity contribution in [3.05, 3.63) is 29.3 Å². The first-order valence-electron chi connectivity index (χ1n) is 6.37. The number of nitrogens with zero attached hydrogens (tertiary/aromatic N) is 1. The van der Waals surface area contributed by atoms with Gasteiger partial charge in [0.2, 0.25) is 15.9 Å². The lowest BCUT2D eigenvalue weighted by Gasteiger charge is -2.16. The van der Waals surface area contributed by atoms with E-state index in [0.717, 1.165) is 4.31 Å². The van der Waals surface area contributed by atoms with Crippen LogP contribution in [0.25, 0.3) is 0 Å². The zero-order chi connectivity index (χ0) is 15.8. The first kappa shape index (κ1) is 15.5. The normalized spacial score (nSPS) is 19.6. The average molecular weight is 312 g/mol. The van der Waals surface area contributed by atoms with Crippen LogP contribution in [0.1, 0.15) is 22.3 Å². The van der Waals surface area contributed by atoms with E-state index in [-0.39, 0.29) is 30.0 Å². The van der Waals surface area contributed by atoms with Crippen LogP contribution >= 0.6 is 0 Å². The van der Waals surface area contributed by atoms with E-state index in [4.69, 9.17) is 10.8 Å². The fourth-order valence-corrected chi connectivity index (χ4v) is 3.85. The van der Waals surface area contributed by atoms with E-state index < -0.39 is 27.8 Å². The Morgan fingerprint density at radius 3 is 2.57 bits per heavy atom. The molecule has 1 fully saturated rings. The number of sulfonamides is 1. The molecule has 2 rings (SSSR count). The molecule has 21 heavy (non-hydrogen) atoms. The van der Waals surface area contributed by atoms with E-state index in [1.165, 1.54) is 18.2 Å². The van der Waals surface area contributed by atoms with Gasteiger partial charge in [0.05, 0.1) is 10.8 Å². The Hall–Kier alpha value is -1.93. The number of primary amides is 1. The molecule has 0 aliphatic carbocycles. The second-order valence-corrected chi connectivity index (χ2v) is 6.97. The molecule has 1 unspecified atom stereocenters. The topological polar surface area (TPSA) is 118 Å². The number of carboxylic acid groups (broad SMARTS) is 1. The first-order valence-corrected chi connectivity index (χ1v) is 7.81. The van der Waals surface area contributed by atoms with Gasteiger partial charge in [-0.2, -0.15) is 4.31 Å². The van der Waals surface area contributed by atoms with Gasteiger partial charge in [-0.25, -0.2) is 8.42 Å². The van der Waals surface area contributed by atoms with Gasteiger partial charge in [0.15, 0.2) is 0 Å². The van der Waals surface area contributed by atoms with E-state index in [0.29, 0.717) is 5.56 Å². The van der Waals surface area contributed by atoms with Gasteiger partial charge in [-0.05, 0) is 31.0 Å². The van der Waals surface area contributed by atoms with Gasteiger partial charge in [-0.1, -0.05) is 6.07 Å². The number of rotatable bonds is 4. The smallest absolute Gasteiger partial charge is 0.307 e. The van der Waals surface area contributed by atoms with E-state index in [1.807, 2.05) is 0 Å². The molecule has 1 atom stereocenters. The van der Waals surface area contributed by atoms with E-state index in [1.54, 1.807) is 6.92 Å². The number of nitrogens with two attached hydrogens (primary N) is 1. The van der Waals surface area contributed by atoms with Crippen LogP contribution in [0, 0.1) is 12.8 Å². The molecule has 1 heterocycles. The Labute approximate surface area is 122 Å². The SMILES string of the molecule is Cc1ccc(S(=O)(=O)N2CCC(C(=O)O)C2)cc1C(N)=O. The van der Waals surface area contributed by atoms with Crippen molar-refractivity contribution in [3.63, 3.8) is 0 Å². The summed E-state index contributed by atoms with van der Waals surface area (Å²) in [4.78, 5) is 22.2. The van der Waals surface area contributed by atoms with Crippen molar-refractivity contribution in [2.75, 3.05) is 13.1 Å². The largest absolute Gasteiger partial charge is 0.481 e. The highest BCUT2D eigenvalue weighted by molar-refractivity contribution is 7.89. The Bertz CT molecular complexity index is 699. The van der Waals surface area contributed by atoms with E-state index >= 15 is 0 Å². The van der Waals surface area contributed by atoms with Crippen molar-refractivity contribution >= 4 is 21.9 Å². The molecule has 7 nitrogen and oxygen atoms in total. The summed E-state index contributed by atoms with van der Waals surface area (Å²) >= 11 is 0. The maximum absolute atomic E-state index is 12.5. The summed E-state index contributed by atoms with van der Waals surface area (Å²) in [7, 11) is -3.82. The van der Waals surface area contributed by atoms with Crippen LogP contribution < -0.4 is 5.73 Å². The summed E-state index contributed by atoms with van der Waals surface area (Å²) in [5, 5.41) is 8.94. The number of benzene rings is 1. The molecule has 0 radical (unpaired) electrons. The van der Waals surface area contributed by atoms with Gasteiger partial charge in [-0.3, -0.25) is 9.59 Å². The summed E-state index contributed by atoms with van der Waals surface area (Å²) in [6, 6.07) is 4.14. The van der Waals surface area contributed by atoms with Crippen LogP contribution in [0.5, 0.6) is 0 Å². The maximum Gasteiger partial charge on any atom is 0.307 e. The van der Waals surface area contributed by atoms with Crippen molar-refractivity contribution in [3.8, 4) is 0 Å². The van der Waals surface area contributed by atoms with Crippen LogP contribution in [0.4, 0.5) is 0 Å². The van der Waals surface area contributed by atoms with Crippen LogP contribution in [0.15, 0.2) is 23.1 Å². The first-order chi connectivity index (χ1) is 9.73. The number of hydrogen-bond acceptors (Lipinski definition) is 4. The molecule has 0 bridgehead atoms. The molecule has 8 heteroatoms. The molecular formula is C13H16N2O5S. The molecule has 0 saturated carbocycles. The lowest BCUT2D eigenvalue weighted by molar-refractivity contribution is -0.141. The van der Waals surface area contributed by atoms with Crippen molar-refractivity contribution in [1.29, 1.82) is 0 Å². The molecule has 1 aliphatic heterocycles. The molecule has 1 amide bonds. The predicted molar refractivity (Wildman–Crippen MR) is 74.2 cm³/mol. The van der Waals surface area contributed by atoms with E-state index in [9.17, 15) is 18.0 Å². The molecule has 0 aromatic heterocycles. The number of carboxylic acids is 1. The second-order valence-electron chi connectivity index (χ2n) is 5.03. The van der Waals surface area contributed by atoms with Gasteiger partial charge in [0.1, 0.15) is 0 Å². The lowest BCUT2D eigenvalue weighted by atomic mass is 10.1. The quantitative estimate of drug-likeness (QED) is 0.822. The Morgan fingerprint density at radius 1 is 1.38 bits per heavy atom.